The smallest absolute Gasteiger partial charge is 0.234 e. The largest absolute Gasteiger partial charge is 0.287 e. The molecule has 0 aliphatic rings. The van der Waals surface area contributed by atoms with Crippen molar-refractivity contribution in [3.05, 3.63) is 89.9 Å². The number of hydrogen-bond donors (Lipinski definition) is 0. The van der Waals surface area contributed by atoms with E-state index in [1.54, 1.807) is 18.5 Å². The number of rotatable bonds is 3. The normalized spacial score (nSPS) is 10.9. The van der Waals surface area contributed by atoms with E-state index in [1.165, 1.54) is 0 Å². The van der Waals surface area contributed by atoms with Crippen LogP contribution in [0.4, 0.5) is 0 Å². The van der Waals surface area contributed by atoms with Crippen molar-refractivity contribution in [2.45, 2.75) is 6.92 Å². The predicted octanol–water partition coefficient (Wildman–Crippen LogP) is 3.96. The van der Waals surface area contributed by atoms with Crippen LogP contribution >= 0.6 is 0 Å². The number of carbonyl (C=O) groups excluding carboxylic acids is 1. The van der Waals surface area contributed by atoms with Gasteiger partial charge in [-0.2, -0.15) is 0 Å². The molecule has 0 atom stereocenters. The quantitative estimate of drug-likeness (QED) is 0.538. The maximum absolute atomic E-state index is 13.0. The molecule has 0 bridgehead atoms. The van der Waals surface area contributed by atoms with E-state index >= 15 is 0 Å². The zero-order valence-electron chi connectivity index (χ0n) is 13.2. The molecule has 2 aromatic carbocycles. The first kappa shape index (κ1) is 14.3. The van der Waals surface area contributed by atoms with Crippen LogP contribution in [0.3, 0.4) is 0 Å². The van der Waals surface area contributed by atoms with E-state index in [2.05, 4.69) is 9.97 Å². The van der Waals surface area contributed by atoms with E-state index in [-0.39, 0.29) is 5.78 Å². The molecule has 0 aliphatic carbocycles. The zero-order chi connectivity index (χ0) is 16.5. The molecular formula is C20H15N3O. The van der Waals surface area contributed by atoms with Gasteiger partial charge in [0.25, 0.3) is 0 Å². The molecule has 24 heavy (non-hydrogen) atoms. The fourth-order valence-corrected chi connectivity index (χ4v) is 2.80. The van der Waals surface area contributed by atoms with Gasteiger partial charge in [0, 0.05) is 23.3 Å². The Labute approximate surface area is 139 Å². The SMILES string of the molecule is Cc1ccc(C(=O)c2cc3ccccc3n2-c2ncccn2)cc1. The van der Waals surface area contributed by atoms with Crippen LogP contribution < -0.4 is 0 Å². The van der Waals surface area contributed by atoms with E-state index in [4.69, 9.17) is 0 Å². The fourth-order valence-electron chi connectivity index (χ4n) is 2.80. The summed E-state index contributed by atoms with van der Waals surface area (Å²) in [5.41, 5.74) is 3.25. The minimum absolute atomic E-state index is 0.0429. The first-order valence-electron chi connectivity index (χ1n) is 7.73. The Bertz CT molecular complexity index is 1020. The number of aromatic nitrogens is 3. The maximum Gasteiger partial charge on any atom is 0.234 e. The van der Waals surface area contributed by atoms with Crippen molar-refractivity contribution in [1.82, 2.24) is 14.5 Å². The van der Waals surface area contributed by atoms with E-state index in [9.17, 15) is 4.79 Å². The average molecular weight is 313 g/mol. The summed E-state index contributed by atoms with van der Waals surface area (Å²) < 4.78 is 1.82. The molecule has 0 radical (unpaired) electrons. The number of benzene rings is 2. The van der Waals surface area contributed by atoms with Crippen LogP contribution in [0.2, 0.25) is 0 Å². The molecule has 4 nitrogen and oxygen atoms in total. The topological polar surface area (TPSA) is 47.8 Å². The molecule has 0 N–H and O–H groups in total. The number of fused-ring (bicyclic) bond motifs is 1. The van der Waals surface area contributed by atoms with Crippen molar-refractivity contribution < 1.29 is 4.79 Å². The number of para-hydroxylation sites is 1. The Balaban J connectivity index is 1.95. The summed E-state index contributed by atoms with van der Waals surface area (Å²) >= 11 is 0. The van der Waals surface area contributed by atoms with Crippen molar-refractivity contribution in [2.75, 3.05) is 0 Å². The van der Waals surface area contributed by atoms with Gasteiger partial charge in [0.15, 0.2) is 0 Å². The van der Waals surface area contributed by atoms with E-state index in [1.807, 2.05) is 66.1 Å². The van der Waals surface area contributed by atoms with Crippen LogP contribution in [-0.2, 0) is 0 Å². The molecule has 116 valence electrons. The predicted molar refractivity (Wildman–Crippen MR) is 93.5 cm³/mol. The standard InChI is InChI=1S/C20H15N3O/c1-14-7-9-15(10-8-14)19(24)18-13-16-5-2-3-6-17(16)23(18)20-21-11-4-12-22-20/h2-13H,1H3. The molecule has 0 amide bonds. The molecular weight excluding hydrogens is 298 g/mol. The van der Waals surface area contributed by atoms with Crippen LogP contribution in [0, 0.1) is 6.92 Å². The van der Waals surface area contributed by atoms with Gasteiger partial charge in [0.1, 0.15) is 0 Å². The maximum atomic E-state index is 13.0. The number of hydrogen-bond acceptors (Lipinski definition) is 3. The highest BCUT2D eigenvalue weighted by Crippen LogP contribution is 2.24. The van der Waals surface area contributed by atoms with Gasteiger partial charge in [-0.05, 0) is 25.1 Å². The number of aryl methyl sites for hydroxylation is 1. The second-order valence-electron chi connectivity index (χ2n) is 5.67. The van der Waals surface area contributed by atoms with Gasteiger partial charge in [-0.3, -0.25) is 9.36 Å². The van der Waals surface area contributed by atoms with Crippen molar-refractivity contribution in [3.8, 4) is 5.95 Å². The van der Waals surface area contributed by atoms with E-state index in [0.717, 1.165) is 16.5 Å². The van der Waals surface area contributed by atoms with Gasteiger partial charge in [-0.1, -0.05) is 48.0 Å². The van der Waals surface area contributed by atoms with Crippen molar-refractivity contribution in [1.29, 1.82) is 0 Å². The first-order valence-corrected chi connectivity index (χ1v) is 7.73. The highest BCUT2D eigenvalue weighted by molar-refractivity contribution is 6.11. The molecule has 0 aliphatic heterocycles. The number of carbonyl (C=O) groups is 1. The Hall–Kier alpha value is -3.27. The van der Waals surface area contributed by atoms with Gasteiger partial charge < -0.3 is 0 Å². The second-order valence-corrected chi connectivity index (χ2v) is 5.67. The average Bonchev–Trinajstić information content (AvgIpc) is 3.02. The molecule has 0 unspecified atom stereocenters. The Morgan fingerprint density at radius 3 is 2.38 bits per heavy atom. The van der Waals surface area contributed by atoms with Gasteiger partial charge in [-0.25, -0.2) is 9.97 Å². The Morgan fingerprint density at radius 2 is 1.62 bits per heavy atom. The summed E-state index contributed by atoms with van der Waals surface area (Å²) in [6.07, 6.45) is 3.36. The van der Waals surface area contributed by atoms with Crippen molar-refractivity contribution in [2.24, 2.45) is 0 Å². The van der Waals surface area contributed by atoms with Crippen LogP contribution in [-0.4, -0.2) is 20.3 Å². The molecule has 2 heterocycles. The minimum atomic E-state index is -0.0429. The highest BCUT2D eigenvalue weighted by atomic mass is 16.1. The molecule has 0 fully saturated rings. The minimum Gasteiger partial charge on any atom is -0.287 e. The van der Waals surface area contributed by atoms with Gasteiger partial charge in [0.05, 0.1) is 11.2 Å². The lowest BCUT2D eigenvalue weighted by Gasteiger charge is -2.08. The number of ketones is 1. The monoisotopic (exact) mass is 313 g/mol. The molecule has 4 rings (SSSR count). The van der Waals surface area contributed by atoms with E-state index < -0.39 is 0 Å². The van der Waals surface area contributed by atoms with Crippen LogP contribution in [0.15, 0.2) is 73.1 Å². The van der Waals surface area contributed by atoms with Crippen LogP contribution in [0.25, 0.3) is 16.9 Å². The summed E-state index contributed by atoms with van der Waals surface area (Å²) in [6.45, 7) is 2.00. The van der Waals surface area contributed by atoms with Gasteiger partial charge >= 0.3 is 0 Å². The second kappa shape index (κ2) is 5.74. The first-order chi connectivity index (χ1) is 11.7. The van der Waals surface area contributed by atoms with Crippen LogP contribution in [0.5, 0.6) is 0 Å². The summed E-state index contributed by atoms with van der Waals surface area (Å²) in [4.78, 5) is 21.7. The third-order valence-electron chi connectivity index (χ3n) is 4.01. The van der Waals surface area contributed by atoms with Gasteiger partial charge in [0.2, 0.25) is 11.7 Å². The lowest BCUT2D eigenvalue weighted by Crippen LogP contribution is -2.11. The van der Waals surface area contributed by atoms with E-state index in [0.29, 0.717) is 17.2 Å². The zero-order valence-corrected chi connectivity index (χ0v) is 13.2. The molecule has 2 aromatic heterocycles. The molecule has 4 heteroatoms. The molecule has 4 aromatic rings. The molecule has 0 saturated heterocycles. The van der Waals surface area contributed by atoms with Crippen LogP contribution in [0.1, 0.15) is 21.6 Å². The lowest BCUT2D eigenvalue weighted by molar-refractivity contribution is 0.103. The van der Waals surface area contributed by atoms with Crippen molar-refractivity contribution in [3.63, 3.8) is 0 Å². The summed E-state index contributed by atoms with van der Waals surface area (Å²) in [5, 5.41) is 0.986. The third kappa shape index (κ3) is 2.38. The number of nitrogens with zero attached hydrogens (tertiary/aromatic N) is 3. The third-order valence-corrected chi connectivity index (χ3v) is 4.01. The highest BCUT2D eigenvalue weighted by Gasteiger charge is 2.19. The Kier molecular flexibility index (Phi) is 3.43. The summed E-state index contributed by atoms with van der Waals surface area (Å²) in [5.74, 6) is 0.452. The molecule has 0 spiro atoms. The Morgan fingerprint density at radius 1 is 0.917 bits per heavy atom. The van der Waals surface area contributed by atoms with Crippen molar-refractivity contribution >= 4 is 16.7 Å². The summed E-state index contributed by atoms with van der Waals surface area (Å²) in [7, 11) is 0. The fraction of sp³-hybridized carbons (Fsp3) is 0.0500. The van der Waals surface area contributed by atoms with Gasteiger partial charge in [-0.15, -0.1) is 0 Å². The lowest BCUT2D eigenvalue weighted by atomic mass is 10.1. The summed E-state index contributed by atoms with van der Waals surface area (Å²) in [6, 6.07) is 19.1. The molecule has 0 saturated carbocycles.